The number of amides is 3. The molecule has 1 aliphatic heterocycles. The highest BCUT2D eigenvalue weighted by atomic mass is 32.2. The molecule has 5 heterocycles. The van der Waals surface area contributed by atoms with Gasteiger partial charge < -0.3 is 24.8 Å². The van der Waals surface area contributed by atoms with Crippen LogP contribution in [-0.4, -0.2) is 108 Å². The van der Waals surface area contributed by atoms with E-state index in [4.69, 9.17) is 19.2 Å². The molecule has 0 aliphatic carbocycles. The number of imide groups is 1. The van der Waals surface area contributed by atoms with Crippen LogP contribution in [0.4, 0.5) is 0 Å². The summed E-state index contributed by atoms with van der Waals surface area (Å²) in [6.07, 6.45) is 5.37. The Kier molecular flexibility index (Phi) is 14.9. The Morgan fingerprint density at radius 1 is 0.891 bits per heavy atom. The number of piperidine rings is 1. The van der Waals surface area contributed by atoms with Crippen molar-refractivity contribution in [1.29, 1.82) is 0 Å². The predicted octanol–water partition coefficient (Wildman–Crippen LogP) is 3.25. The normalized spacial score (nSPS) is 14.3. The van der Waals surface area contributed by atoms with Crippen LogP contribution in [0.3, 0.4) is 0 Å². The van der Waals surface area contributed by atoms with Gasteiger partial charge in [-0.25, -0.2) is 23.2 Å². The number of imidazole rings is 1. The molecule has 18 nitrogen and oxygen atoms in total. The van der Waals surface area contributed by atoms with E-state index >= 15 is 0 Å². The van der Waals surface area contributed by atoms with E-state index in [0.29, 0.717) is 98.3 Å². The van der Waals surface area contributed by atoms with Gasteiger partial charge in [0.1, 0.15) is 18.2 Å². The largest absolute Gasteiger partial charge is 0.476 e. The Morgan fingerprint density at radius 3 is 2.50 bits per heavy atom. The van der Waals surface area contributed by atoms with E-state index < -0.39 is 27.7 Å². The molecule has 0 radical (unpaired) electrons. The van der Waals surface area contributed by atoms with Crippen molar-refractivity contribution in [2.45, 2.75) is 56.5 Å². The quantitative estimate of drug-likeness (QED) is 0.0697. The number of aromatic nitrogens is 6. The van der Waals surface area contributed by atoms with E-state index in [0.717, 1.165) is 35.7 Å². The summed E-state index contributed by atoms with van der Waals surface area (Å²) in [6, 6.07) is 18.8. The molecule has 4 aromatic heterocycles. The van der Waals surface area contributed by atoms with Crippen molar-refractivity contribution in [3.05, 3.63) is 106 Å². The molecule has 6 aromatic rings. The molecule has 7 rings (SSSR count). The lowest BCUT2D eigenvalue weighted by Crippen LogP contribution is -2.44. The Morgan fingerprint density at radius 2 is 1.70 bits per heavy atom. The average Bonchev–Trinajstić information content (AvgIpc) is 3.53. The molecule has 1 aliphatic rings. The number of aryl methyl sites for hydroxylation is 3. The van der Waals surface area contributed by atoms with Crippen LogP contribution in [0, 0.1) is 0 Å². The van der Waals surface area contributed by atoms with Gasteiger partial charge in [0.25, 0.3) is 5.91 Å². The molecule has 19 heteroatoms. The van der Waals surface area contributed by atoms with E-state index in [2.05, 4.69) is 31.1 Å². The molecular formula is C45H51N9O9S. The standard InChI is InChI=1S/C45H51N9O9S/c1-4-30-8-9-32(25-40(30)64(3,59)60)43(56)48-28-33-27-36-35(52-51-33)11-10-34(49-36)31-15-16-47-42(26-31)63-21-18-46-17-20-62-23-22-61-19-5-6-29-7-12-37-39(24-29)53(2)45(58)54(37)38-13-14-41(55)50-44(38)57/h7-12,15-16,24-27,38,46H,4-6,13-14,17-23,28H2,1-3H3,(H,48,56)(H,50,55,57). The lowest BCUT2D eigenvalue weighted by molar-refractivity contribution is -0.135. The first-order chi connectivity index (χ1) is 30.9. The number of nitrogens with one attached hydrogen (secondary N) is 3. The van der Waals surface area contributed by atoms with Gasteiger partial charge >= 0.3 is 5.69 Å². The molecule has 0 spiro atoms. The summed E-state index contributed by atoms with van der Waals surface area (Å²) in [5.41, 5.74) is 6.21. The molecule has 0 bridgehead atoms. The number of hydrogen-bond acceptors (Lipinski definition) is 14. The van der Waals surface area contributed by atoms with Gasteiger partial charge in [0.15, 0.2) is 9.84 Å². The number of sulfone groups is 1. The Hall–Kier alpha value is -6.41. The minimum atomic E-state index is -3.50. The van der Waals surface area contributed by atoms with E-state index in [9.17, 15) is 27.6 Å². The van der Waals surface area contributed by atoms with Crippen LogP contribution in [0.2, 0.25) is 0 Å². The maximum atomic E-state index is 13.0. The zero-order valence-electron chi connectivity index (χ0n) is 36.0. The highest BCUT2D eigenvalue weighted by Crippen LogP contribution is 2.25. The fourth-order valence-corrected chi connectivity index (χ4v) is 8.49. The van der Waals surface area contributed by atoms with Crippen LogP contribution < -0.4 is 26.4 Å². The molecule has 64 heavy (non-hydrogen) atoms. The second kappa shape index (κ2) is 20.8. The Bertz CT molecular complexity index is 2840. The van der Waals surface area contributed by atoms with Gasteiger partial charge in [0, 0.05) is 62.8 Å². The number of fused-ring (bicyclic) bond motifs is 2. The summed E-state index contributed by atoms with van der Waals surface area (Å²) >= 11 is 0. The van der Waals surface area contributed by atoms with Crippen molar-refractivity contribution in [1.82, 2.24) is 45.2 Å². The van der Waals surface area contributed by atoms with Crippen LogP contribution in [0.5, 0.6) is 5.88 Å². The molecule has 1 atom stereocenters. The molecule has 1 saturated heterocycles. The number of rotatable bonds is 21. The Labute approximate surface area is 369 Å². The first-order valence-corrected chi connectivity index (χ1v) is 23.0. The fourth-order valence-electron chi connectivity index (χ4n) is 7.46. The van der Waals surface area contributed by atoms with Crippen molar-refractivity contribution in [3.63, 3.8) is 0 Å². The molecule has 3 N–H and O–H groups in total. The second-order valence-electron chi connectivity index (χ2n) is 15.4. The molecule has 1 fully saturated rings. The number of nitrogens with zero attached hydrogens (tertiary/aromatic N) is 6. The van der Waals surface area contributed by atoms with Crippen LogP contribution in [0.25, 0.3) is 33.3 Å². The topological polar surface area (TPSA) is 228 Å². The second-order valence-corrected chi connectivity index (χ2v) is 17.4. The van der Waals surface area contributed by atoms with Crippen molar-refractivity contribution in [3.8, 4) is 17.1 Å². The van der Waals surface area contributed by atoms with Crippen molar-refractivity contribution < 1.29 is 37.0 Å². The van der Waals surface area contributed by atoms with Crippen molar-refractivity contribution in [2.75, 3.05) is 52.4 Å². The molecule has 3 amide bonds. The van der Waals surface area contributed by atoms with Gasteiger partial charge in [-0.15, -0.1) is 5.10 Å². The molecule has 2 aromatic carbocycles. The fraction of sp³-hybridized carbons (Fsp3) is 0.378. The monoisotopic (exact) mass is 893 g/mol. The van der Waals surface area contributed by atoms with E-state index in [1.165, 1.54) is 10.6 Å². The molecular weight excluding hydrogens is 843 g/mol. The van der Waals surface area contributed by atoms with Gasteiger partial charge in [-0.2, -0.15) is 5.10 Å². The predicted molar refractivity (Wildman–Crippen MR) is 238 cm³/mol. The van der Waals surface area contributed by atoms with Crippen molar-refractivity contribution in [2.24, 2.45) is 7.05 Å². The van der Waals surface area contributed by atoms with Gasteiger partial charge in [0.2, 0.25) is 17.7 Å². The van der Waals surface area contributed by atoms with E-state index in [1.54, 1.807) is 36.0 Å². The third-order valence-electron chi connectivity index (χ3n) is 10.8. The minimum Gasteiger partial charge on any atom is -0.476 e. The summed E-state index contributed by atoms with van der Waals surface area (Å²) in [7, 11) is -1.81. The lowest BCUT2D eigenvalue weighted by atomic mass is 10.1. The Balaban J connectivity index is 0.778. The maximum absolute atomic E-state index is 13.0. The average molecular weight is 894 g/mol. The maximum Gasteiger partial charge on any atom is 0.329 e. The summed E-state index contributed by atoms with van der Waals surface area (Å²) < 4.78 is 44.9. The first-order valence-electron chi connectivity index (χ1n) is 21.1. The summed E-state index contributed by atoms with van der Waals surface area (Å²) in [5.74, 6) is -0.744. The van der Waals surface area contributed by atoms with E-state index in [1.807, 2.05) is 49.4 Å². The SMILES string of the molecule is CCc1ccc(C(=O)NCc2cc3nc(-c4ccnc(OCCNCCOCCOCCCc5ccc6c(c5)n(C)c(=O)n6C5CCC(=O)NC5=O)c4)ccc3nn2)cc1S(C)(=O)=O. The number of pyridine rings is 2. The van der Waals surface area contributed by atoms with Gasteiger partial charge in [0.05, 0.1) is 59.2 Å². The summed E-state index contributed by atoms with van der Waals surface area (Å²) in [5, 5.41) is 16.9. The van der Waals surface area contributed by atoms with Crippen molar-refractivity contribution >= 4 is 49.6 Å². The molecule has 0 saturated carbocycles. The van der Waals surface area contributed by atoms with Gasteiger partial charge in [-0.3, -0.25) is 28.8 Å². The molecule has 1 unspecified atom stereocenters. The number of benzene rings is 2. The number of hydrogen-bond donors (Lipinski definition) is 3. The third-order valence-corrected chi connectivity index (χ3v) is 12.0. The zero-order chi connectivity index (χ0) is 45.2. The van der Waals surface area contributed by atoms with Crippen LogP contribution >= 0.6 is 0 Å². The number of carbonyl (C=O) groups is 3. The van der Waals surface area contributed by atoms with Crippen LogP contribution in [-0.2, 0) is 55.3 Å². The first kappa shape index (κ1) is 45.6. The summed E-state index contributed by atoms with van der Waals surface area (Å²) in [6.45, 7) is 5.56. The van der Waals surface area contributed by atoms with E-state index in [-0.39, 0.29) is 35.0 Å². The number of carbonyl (C=O) groups excluding carboxylic acids is 3. The molecule has 336 valence electrons. The minimum absolute atomic E-state index is 0.0710. The zero-order valence-corrected chi connectivity index (χ0v) is 36.8. The third kappa shape index (κ3) is 11.2. The van der Waals surface area contributed by atoms with Gasteiger partial charge in [-0.05, 0) is 85.3 Å². The van der Waals surface area contributed by atoms with Gasteiger partial charge in [-0.1, -0.05) is 19.1 Å². The lowest BCUT2D eigenvalue weighted by Gasteiger charge is -2.21. The number of ether oxygens (including phenoxy) is 3. The van der Waals surface area contributed by atoms with Crippen LogP contribution in [0.1, 0.15) is 59.4 Å². The highest BCUT2D eigenvalue weighted by Gasteiger charge is 2.31. The highest BCUT2D eigenvalue weighted by molar-refractivity contribution is 7.90. The smallest absolute Gasteiger partial charge is 0.329 e. The van der Waals surface area contributed by atoms with Crippen LogP contribution in [0.15, 0.2) is 82.6 Å². The summed E-state index contributed by atoms with van der Waals surface area (Å²) in [4.78, 5) is 59.2.